The molecule has 0 bridgehead atoms. The number of methoxy groups -OCH3 is 2. The van der Waals surface area contributed by atoms with Gasteiger partial charge < -0.3 is 19.5 Å². The van der Waals surface area contributed by atoms with Crippen molar-refractivity contribution >= 4 is 0 Å². The molecule has 1 aliphatic heterocycles. The number of rotatable bonds is 6. The van der Waals surface area contributed by atoms with E-state index < -0.39 is 0 Å². The van der Waals surface area contributed by atoms with Crippen LogP contribution in [-0.4, -0.2) is 45.8 Å². The minimum absolute atomic E-state index is 0.184. The summed E-state index contributed by atoms with van der Waals surface area (Å²) in [6.45, 7) is 3.83. The van der Waals surface area contributed by atoms with Gasteiger partial charge in [0.25, 0.3) is 0 Å². The van der Waals surface area contributed by atoms with E-state index >= 15 is 0 Å². The molecule has 1 heterocycles. The van der Waals surface area contributed by atoms with Gasteiger partial charge in [0.2, 0.25) is 0 Å². The molecule has 2 unspecified atom stereocenters. The van der Waals surface area contributed by atoms with Gasteiger partial charge in [-0.2, -0.15) is 0 Å². The molecule has 1 rings (SSSR count). The Bertz CT molecular complexity index is 144. The van der Waals surface area contributed by atoms with Gasteiger partial charge in [-0.25, -0.2) is 0 Å². The molecular formula is C10H21NO3. The lowest BCUT2D eigenvalue weighted by atomic mass is 10.2. The van der Waals surface area contributed by atoms with Crippen molar-refractivity contribution in [1.29, 1.82) is 0 Å². The molecule has 0 saturated carbocycles. The predicted molar refractivity (Wildman–Crippen MR) is 54.2 cm³/mol. The second-order valence-electron chi connectivity index (χ2n) is 3.67. The lowest BCUT2D eigenvalue weighted by Crippen LogP contribution is -2.42. The highest BCUT2D eigenvalue weighted by Gasteiger charge is 2.19. The summed E-state index contributed by atoms with van der Waals surface area (Å²) in [7, 11) is 3.30. The molecule has 0 amide bonds. The van der Waals surface area contributed by atoms with Crippen molar-refractivity contribution in [3.8, 4) is 0 Å². The average Bonchev–Trinajstić information content (AvgIpc) is 2.69. The van der Waals surface area contributed by atoms with E-state index in [1.807, 2.05) is 6.92 Å². The fourth-order valence-electron chi connectivity index (χ4n) is 1.72. The minimum atomic E-state index is -0.184. The van der Waals surface area contributed by atoms with Crippen molar-refractivity contribution in [2.45, 2.75) is 38.2 Å². The van der Waals surface area contributed by atoms with Crippen LogP contribution in [0, 0.1) is 0 Å². The van der Waals surface area contributed by atoms with Crippen molar-refractivity contribution in [1.82, 2.24) is 5.32 Å². The van der Waals surface area contributed by atoms with E-state index in [-0.39, 0.29) is 12.3 Å². The Hall–Kier alpha value is -0.160. The second kappa shape index (κ2) is 6.35. The summed E-state index contributed by atoms with van der Waals surface area (Å²) in [5.74, 6) is 0. The molecule has 4 heteroatoms. The fourth-order valence-corrected chi connectivity index (χ4v) is 1.72. The number of hydrogen-bond acceptors (Lipinski definition) is 4. The fraction of sp³-hybridized carbons (Fsp3) is 1.00. The maximum Gasteiger partial charge on any atom is 0.171 e. The zero-order chi connectivity index (χ0) is 10.4. The SMILES string of the molecule is COC(OC)C(C)NCC1CCCO1. The van der Waals surface area contributed by atoms with Crippen molar-refractivity contribution in [3.63, 3.8) is 0 Å². The zero-order valence-electron chi connectivity index (χ0n) is 9.29. The summed E-state index contributed by atoms with van der Waals surface area (Å²) in [5.41, 5.74) is 0. The number of hydrogen-bond donors (Lipinski definition) is 1. The van der Waals surface area contributed by atoms with E-state index in [0.717, 1.165) is 19.6 Å². The average molecular weight is 203 g/mol. The molecular weight excluding hydrogens is 182 g/mol. The van der Waals surface area contributed by atoms with Gasteiger partial charge in [-0.15, -0.1) is 0 Å². The van der Waals surface area contributed by atoms with Gasteiger partial charge in [-0.1, -0.05) is 0 Å². The highest BCUT2D eigenvalue weighted by Crippen LogP contribution is 2.11. The first-order valence-corrected chi connectivity index (χ1v) is 5.18. The van der Waals surface area contributed by atoms with Gasteiger partial charge in [0.1, 0.15) is 0 Å². The Kier molecular flexibility index (Phi) is 5.40. The summed E-state index contributed by atoms with van der Waals surface area (Å²) in [5, 5.41) is 3.35. The third-order valence-electron chi connectivity index (χ3n) is 2.56. The highest BCUT2D eigenvalue weighted by atomic mass is 16.7. The van der Waals surface area contributed by atoms with E-state index in [9.17, 15) is 0 Å². The van der Waals surface area contributed by atoms with Crippen LogP contribution in [0.5, 0.6) is 0 Å². The van der Waals surface area contributed by atoms with Crippen LogP contribution in [0.4, 0.5) is 0 Å². The van der Waals surface area contributed by atoms with Crippen LogP contribution in [0.25, 0.3) is 0 Å². The van der Waals surface area contributed by atoms with Crippen LogP contribution in [0.3, 0.4) is 0 Å². The van der Waals surface area contributed by atoms with Crippen molar-refractivity contribution in [3.05, 3.63) is 0 Å². The molecule has 0 spiro atoms. The third-order valence-corrected chi connectivity index (χ3v) is 2.56. The van der Waals surface area contributed by atoms with E-state index in [4.69, 9.17) is 14.2 Å². The van der Waals surface area contributed by atoms with Crippen LogP contribution in [-0.2, 0) is 14.2 Å². The summed E-state index contributed by atoms with van der Waals surface area (Å²) < 4.78 is 15.8. The van der Waals surface area contributed by atoms with E-state index in [1.165, 1.54) is 6.42 Å². The van der Waals surface area contributed by atoms with Crippen LogP contribution < -0.4 is 5.32 Å². The molecule has 0 aliphatic carbocycles. The summed E-state index contributed by atoms with van der Waals surface area (Å²) in [4.78, 5) is 0. The van der Waals surface area contributed by atoms with Crippen molar-refractivity contribution in [2.75, 3.05) is 27.4 Å². The normalized spacial score (nSPS) is 24.4. The molecule has 1 aliphatic rings. The first-order valence-electron chi connectivity index (χ1n) is 5.18. The first-order chi connectivity index (χ1) is 6.77. The van der Waals surface area contributed by atoms with Gasteiger partial charge >= 0.3 is 0 Å². The minimum Gasteiger partial charge on any atom is -0.377 e. The van der Waals surface area contributed by atoms with Gasteiger partial charge in [-0.3, -0.25) is 0 Å². The Morgan fingerprint density at radius 2 is 2.14 bits per heavy atom. The lowest BCUT2D eigenvalue weighted by Gasteiger charge is -2.23. The van der Waals surface area contributed by atoms with Crippen LogP contribution in [0.1, 0.15) is 19.8 Å². The van der Waals surface area contributed by atoms with Gasteiger partial charge in [-0.05, 0) is 19.8 Å². The Morgan fingerprint density at radius 3 is 2.64 bits per heavy atom. The molecule has 0 aromatic carbocycles. The van der Waals surface area contributed by atoms with Crippen LogP contribution in [0.15, 0.2) is 0 Å². The first kappa shape index (κ1) is 11.9. The monoisotopic (exact) mass is 203 g/mol. The molecule has 14 heavy (non-hydrogen) atoms. The molecule has 1 fully saturated rings. The van der Waals surface area contributed by atoms with Crippen LogP contribution >= 0.6 is 0 Å². The molecule has 0 radical (unpaired) electrons. The Balaban J connectivity index is 2.15. The number of ether oxygens (including phenoxy) is 3. The summed E-state index contributed by atoms with van der Waals surface area (Å²) in [6, 6.07) is 0.189. The quantitative estimate of drug-likeness (QED) is 0.647. The smallest absolute Gasteiger partial charge is 0.171 e. The third kappa shape index (κ3) is 3.53. The van der Waals surface area contributed by atoms with Crippen molar-refractivity contribution < 1.29 is 14.2 Å². The highest BCUT2D eigenvalue weighted by molar-refractivity contribution is 4.72. The Labute approximate surface area is 85.9 Å². The predicted octanol–water partition coefficient (Wildman–Crippen LogP) is 0.762. The lowest BCUT2D eigenvalue weighted by molar-refractivity contribution is -0.120. The molecule has 1 saturated heterocycles. The topological polar surface area (TPSA) is 39.7 Å². The van der Waals surface area contributed by atoms with E-state index in [0.29, 0.717) is 6.10 Å². The molecule has 2 atom stereocenters. The van der Waals surface area contributed by atoms with Gasteiger partial charge in [0.05, 0.1) is 12.1 Å². The second-order valence-corrected chi connectivity index (χ2v) is 3.67. The van der Waals surface area contributed by atoms with Crippen LogP contribution in [0.2, 0.25) is 0 Å². The standard InChI is InChI=1S/C10H21NO3/c1-8(10(12-2)13-3)11-7-9-5-4-6-14-9/h8-11H,4-7H2,1-3H3. The van der Waals surface area contributed by atoms with Crippen molar-refractivity contribution in [2.24, 2.45) is 0 Å². The Morgan fingerprint density at radius 1 is 1.43 bits per heavy atom. The van der Waals surface area contributed by atoms with E-state index in [2.05, 4.69) is 5.32 Å². The molecule has 0 aromatic rings. The van der Waals surface area contributed by atoms with Gasteiger partial charge in [0.15, 0.2) is 6.29 Å². The molecule has 1 N–H and O–H groups in total. The molecule has 0 aromatic heterocycles. The molecule has 84 valence electrons. The largest absolute Gasteiger partial charge is 0.377 e. The maximum atomic E-state index is 5.51. The summed E-state index contributed by atoms with van der Waals surface area (Å²) in [6.07, 6.45) is 2.52. The van der Waals surface area contributed by atoms with E-state index in [1.54, 1.807) is 14.2 Å². The maximum absolute atomic E-state index is 5.51. The summed E-state index contributed by atoms with van der Waals surface area (Å²) >= 11 is 0. The molecule has 4 nitrogen and oxygen atoms in total. The zero-order valence-corrected chi connectivity index (χ0v) is 9.29. The number of nitrogens with one attached hydrogen (secondary N) is 1. The van der Waals surface area contributed by atoms with Gasteiger partial charge in [0, 0.05) is 27.4 Å².